The van der Waals surface area contributed by atoms with E-state index in [1.165, 1.54) is 5.56 Å². The summed E-state index contributed by atoms with van der Waals surface area (Å²) in [4.78, 5) is 19.2. The second-order valence-electron chi connectivity index (χ2n) is 8.19. The summed E-state index contributed by atoms with van der Waals surface area (Å²) in [6.45, 7) is 5.24. The number of aromatic nitrogens is 1. The minimum atomic E-state index is 0.0644. The van der Waals surface area contributed by atoms with Gasteiger partial charge >= 0.3 is 0 Å². The van der Waals surface area contributed by atoms with Crippen molar-refractivity contribution in [3.05, 3.63) is 84.7 Å². The molecule has 1 saturated heterocycles. The highest BCUT2D eigenvalue weighted by Gasteiger charge is 2.25. The van der Waals surface area contributed by atoms with Crippen LogP contribution in [0, 0.1) is 5.92 Å². The maximum atomic E-state index is 12.7. The average Bonchev–Trinajstić information content (AvgIpc) is 2.82. The quantitative estimate of drug-likeness (QED) is 0.567. The second-order valence-corrected chi connectivity index (χ2v) is 8.19. The highest BCUT2D eigenvalue weighted by Crippen LogP contribution is 2.25. The fraction of sp³-hybridized carbons (Fsp3) is 0.308. The smallest absolute Gasteiger partial charge is 0.227 e. The van der Waals surface area contributed by atoms with Gasteiger partial charge in [-0.25, -0.2) is 0 Å². The SMILES string of the molecule is C[C@@H](CN1CCC(C(=O)Nc2ccc(Oc3cccnc3)cc2)CC1)c1ccccc1. The van der Waals surface area contributed by atoms with E-state index in [0.717, 1.165) is 38.2 Å². The van der Waals surface area contributed by atoms with Crippen LogP contribution in [0.2, 0.25) is 0 Å². The third-order valence-electron chi connectivity index (χ3n) is 5.85. The van der Waals surface area contributed by atoms with Crippen LogP contribution in [0.4, 0.5) is 5.69 Å². The number of carbonyl (C=O) groups is 1. The Morgan fingerprint density at radius 3 is 2.45 bits per heavy atom. The first-order chi connectivity index (χ1) is 15.2. The predicted molar refractivity (Wildman–Crippen MR) is 123 cm³/mol. The minimum Gasteiger partial charge on any atom is -0.456 e. The fourth-order valence-electron chi connectivity index (χ4n) is 4.05. The molecule has 160 valence electrons. The Balaban J connectivity index is 1.23. The van der Waals surface area contributed by atoms with Gasteiger partial charge in [0.15, 0.2) is 0 Å². The Morgan fingerprint density at radius 1 is 1.03 bits per heavy atom. The summed E-state index contributed by atoms with van der Waals surface area (Å²) >= 11 is 0. The molecule has 0 saturated carbocycles. The summed E-state index contributed by atoms with van der Waals surface area (Å²) in [7, 11) is 0. The molecule has 1 fully saturated rings. The molecule has 0 spiro atoms. The Morgan fingerprint density at radius 2 is 1.77 bits per heavy atom. The van der Waals surface area contributed by atoms with Gasteiger partial charge in [0.1, 0.15) is 11.5 Å². The summed E-state index contributed by atoms with van der Waals surface area (Å²) < 4.78 is 5.75. The summed E-state index contributed by atoms with van der Waals surface area (Å²) in [5.41, 5.74) is 2.17. The van der Waals surface area contributed by atoms with Crippen molar-refractivity contribution in [2.24, 2.45) is 5.92 Å². The lowest BCUT2D eigenvalue weighted by atomic mass is 9.94. The standard InChI is InChI=1S/C26H29N3O2/c1-20(21-6-3-2-4-7-21)19-29-16-13-22(14-17-29)26(30)28-23-9-11-24(12-10-23)31-25-8-5-15-27-18-25/h2-12,15,18,20,22H,13-14,16-17,19H2,1H3,(H,28,30)/t20-/m0/s1. The van der Waals surface area contributed by atoms with Crippen LogP contribution in [0.3, 0.4) is 0 Å². The van der Waals surface area contributed by atoms with Crippen molar-refractivity contribution in [1.82, 2.24) is 9.88 Å². The van der Waals surface area contributed by atoms with Crippen LogP contribution in [0.25, 0.3) is 0 Å². The van der Waals surface area contributed by atoms with Crippen molar-refractivity contribution in [2.75, 3.05) is 25.0 Å². The summed E-state index contributed by atoms with van der Waals surface area (Å²) in [6, 6.07) is 21.8. The number of pyridine rings is 1. The molecular weight excluding hydrogens is 386 g/mol. The van der Waals surface area contributed by atoms with Gasteiger partial charge in [0.25, 0.3) is 0 Å². The average molecular weight is 416 g/mol. The molecule has 0 radical (unpaired) electrons. The van der Waals surface area contributed by atoms with E-state index in [-0.39, 0.29) is 11.8 Å². The summed E-state index contributed by atoms with van der Waals surface area (Å²) in [5, 5.41) is 3.06. The molecule has 5 nitrogen and oxygen atoms in total. The Kier molecular flexibility index (Phi) is 6.95. The fourth-order valence-corrected chi connectivity index (χ4v) is 4.05. The number of nitrogens with one attached hydrogen (secondary N) is 1. The van der Waals surface area contributed by atoms with Crippen LogP contribution in [-0.4, -0.2) is 35.4 Å². The van der Waals surface area contributed by atoms with Gasteiger partial charge in [-0.15, -0.1) is 0 Å². The highest BCUT2D eigenvalue weighted by molar-refractivity contribution is 5.92. The second kappa shape index (κ2) is 10.2. The molecule has 31 heavy (non-hydrogen) atoms. The van der Waals surface area contributed by atoms with E-state index >= 15 is 0 Å². The first-order valence-electron chi connectivity index (χ1n) is 10.9. The monoisotopic (exact) mass is 415 g/mol. The molecule has 1 N–H and O–H groups in total. The molecular formula is C26H29N3O2. The van der Waals surface area contributed by atoms with E-state index in [4.69, 9.17) is 4.74 Å². The lowest BCUT2D eigenvalue weighted by Crippen LogP contribution is -2.39. The van der Waals surface area contributed by atoms with Gasteiger partial charge < -0.3 is 15.0 Å². The van der Waals surface area contributed by atoms with Crippen LogP contribution in [0.15, 0.2) is 79.1 Å². The van der Waals surface area contributed by atoms with E-state index in [1.807, 2.05) is 36.4 Å². The zero-order chi connectivity index (χ0) is 21.5. The number of piperidine rings is 1. The number of rotatable bonds is 7. The van der Waals surface area contributed by atoms with Gasteiger partial charge in [-0.1, -0.05) is 37.3 Å². The normalized spacial score (nSPS) is 15.9. The number of ether oxygens (including phenoxy) is 1. The van der Waals surface area contributed by atoms with Gasteiger partial charge in [0, 0.05) is 24.3 Å². The molecule has 0 aliphatic carbocycles. The molecule has 0 unspecified atom stereocenters. The summed E-state index contributed by atoms with van der Waals surface area (Å²) in [6.07, 6.45) is 5.17. The van der Waals surface area contributed by atoms with Crippen LogP contribution in [-0.2, 0) is 4.79 Å². The van der Waals surface area contributed by atoms with Crippen molar-refractivity contribution < 1.29 is 9.53 Å². The van der Waals surface area contributed by atoms with Crippen molar-refractivity contribution in [1.29, 1.82) is 0 Å². The van der Waals surface area contributed by atoms with Crippen LogP contribution in [0.1, 0.15) is 31.2 Å². The molecule has 1 aromatic heterocycles. The van der Waals surface area contributed by atoms with E-state index in [1.54, 1.807) is 12.4 Å². The number of likely N-dealkylation sites (tertiary alicyclic amines) is 1. The zero-order valence-electron chi connectivity index (χ0n) is 17.9. The van der Waals surface area contributed by atoms with Crippen molar-refractivity contribution >= 4 is 11.6 Å². The predicted octanol–water partition coefficient (Wildman–Crippen LogP) is 5.33. The number of hydrogen-bond donors (Lipinski definition) is 1. The minimum absolute atomic E-state index is 0.0644. The molecule has 1 aliphatic rings. The number of anilines is 1. The lowest BCUT2D eigenvalue weighted by molar-refractivity contribution is -0.121. The van der Waals surface area contributed by atoms with E-state index < -0.39 is 0 Å². The number of carbonyl (C=O) groups excluding carboxylic acids is 1. The highest BCUT2D eigenvalue weighted by atomic mass is 16.5. The number of benzene rings is 2. The molecule has 1 amide bonds. The Bertz CT molecular complexity index is 953. The first kappa shape index (κ1) is 21.1. The third kappa shape index (κ3) is 5.92. The molecule has 1 atom stereocenters. The molecule has 0 bridgehead atoms. The molecule has 2 aromatic carbocycles. The number of hydrogen-bond acceptors (Lipinski definition) is 4. The van der Waals surface area contributed by atoms with Gasteiger partial charge in [-0.05, 0) is 73.8 Å². The van der Waals surface area contributed by atoms with Crippen LogP contribution in [0.5, 0.6) is 11.5 Å². The lowest BCUT2D eigenvalue weighted by Gasteiger charge is -2.33. The van der Waals surface area contributed by atoms with E-state index in [0.29, 0.717) is 17.4 Å². The topological polar surface area (TPSA) is 54.5 Å². The zero-order valence-corrected chi connectivity index (χ0v) is 17.9. The van der Waals surface area contributed by atoms with E-state index in [9.17, 15) is 4.79 Å². The maximum absolute atomic E-state index is 12.7. The molecule has 2 heterocycles. The van der Waals surface area contributed by atoms with E-state index in [2.05, 4.69) is 52.5 Å². The largest absolute Gasteiger partial charge is 0.456 e. The van der Waals surface area contributed by atoms with Crippen molar-refractivity contribution in [2.45, 2.75) is 25.7 Å². The number of nitrogens with zero attached hydrogens (tertiary/aromatic N) is 2. The van der Waals surface area contributed by atoms with Crippen LogP contribution < -0.4 is 10.1 Å². The maximum Gasteiger partial charge on any atom is 0.227 e. The van der Waals surface area contributed by atoms with Gasteiger partial charge in [-0.3, -0.25) is 9.78 Å². The van der Waals surface area contributed by atoms with Crippen LogP contribution >= 0.6 is 0 Å². The summed E-state index contributed by atoms with van der Waals surface area (Å²) in [5.74, 6) is 2.07. The van der Waals surface area contributed by atoms with Gasteiger partial charge in [-0.2, -0.15) is 0 Å². The van der Waals surface area contributed by atoms with Gasteiger partial charge in [0.05, 0.1) is 6.20 Å². The molecule has 4 rings (SSSR count). The first-order valence-corrected chi connectivity index (χ1v) is 10.9. The van der Waals surface area contributed by atoms with Crippen molar-refractivity contribution in [3.8, 4) is 11.5 Å². The molecule has 1 aliphatic heterocycles. The number of amides is 1. The van der Waals surface area contributed by atoms with Crippen molar-refractivity contribution in [3.63, 3.8) is 0 Å². The van der Waals surface area contributed by atoms with Gasteiger partial charge in [0.2, 0.25) is 5.91 Å². The Hall–Kier alpha value is -3.18. The third-order valence-corrected chi connectivity index (χ3v) is 5.85. The Labute approximate surface area is 184 Å². The molecule has 3 aromatic rings. The molecule has 5 heteroatoms.